The first kappa shape index (κ1) is 18.0. The molecule has 1 aromatic heterocycles. The van der Waals surface area contributed by atoms with Gasteiger partial charge in [-0.05, 0) is 25.5 Å². The van der Waals surface area contributed by atoms with E-state index in [0.29, 0.717) is 50.7 Å². The van der Waals surface area contributed by atoms with Crippen LogP contribution in [0.15, 0.2) is 41.1 Å². The lowest BCUT2D eigenvalue weighted by Gasteiger charge is -2.22. The molecule has 1 saturated heterocycles. The number of nitrogens with zero attached hydrogens (tertiary/aromatic N) is 3. The van der Waals surface area contributed by atoms with E-state index in [2.05, 4.69) is 4.98 Å². The molecule has 0 radical (unpaired) electrons. The molecule has 0 N–H and O–H groups in total. The molecule has 0 spiro atoms. The number of carbonyl (C=O) groups excluding carboxylic acids is 2. The molecule has 1 fully saturated rings. The highest BCUT2D eigenvalue weighted by Gasteiger charge is 2.25. The van der Waals surface area contributed by atoms with Crippen molar-refractivity contribution in [1.29, 1.82) is 0 Å². The molecule has 138 valence electrons. The van der Waals surface area contributed by atoms with Crippen LogP contribution in [0, 0.1) is 6.92 Å². The number of aryl methyl sites for hydroxylation is 1. The van der Waals surface area contributed by atoms with Gasteiger partial charge in [0, 0.05) is 26.2 Å². The minimum atomic E-state index is -0.141. The standard InChI is InChI=1S/C19H23N3O4/c1-15-18(20-14-26-15)19(24)22-10-5-9-21(11-12-22)17(23)8-13-25-16-6-3-2-4-7-16/h2-4,6-7,14H,5,8-13H2,1H3. The monoisotopic (exact) mass is 357 g/mol. The van der Waals surface area contributed by atoms with Crippen molar-refractivity contribution < 1.29 is 18.7 Å². The molecule has 3 rings (SSSR count). The molecule has 2 heterocycles. The third-order valence-corrected chi connectivity index (χ3v) is 4.41. The molecule has 1 aromatic carbocycles. The third-order valence-electron chi connectivity index (χ3n) is 4.41. The molecule has 0 unspecified atom stereocenters. The highest BCUT2D eigenvalue weighted by molar-refractivity contribution is 5.93. The summed E-state index contributed by atoms with van der Waals surface area (Å²) in [4.78, 5) is 32.5. The molecule has 1 aliphatic heterocycles. The van der Waals surface area contributed by atoms with Crippen molar-refractivity contribution in [3.8, 4) is 5.75 Å². The number of para-hydroxylation sites is 1. The second-order valence-corrected chi connectivity index (χ2v) is 6.20. The molecule has 0 atom stereocenters. The summed E-state index contributed by atoms with van der Waals surface area (Å²) in [6.45, 7) is 4.34. The molecule has 0 bridgehead atoms. The molecule has 0 saturated carbocycles. The van der Waals surface area contributed by atoms with Gasteiger partial charge < -0.3 is 19.0 Å². The lowest BCUT2D eigenvalue weighted by Crippen LogP contribution is -2.38. The van der Waals surface area contributed by atoms with Gasteiger partial charge in [0.1, 0.15) is 11.5 Å². The topological polar surface area (TPSA) is 75.9 Å². The van der Waals surface area contributed by atoms with Crippen molar-refractivity contribution >= 4 is 11.8 Å². The number of hydrogen-bond acceptors (Lipinski definition) is 5. The zero-order valence-corrected chi connectivity index (χ0v) is 14.9. The van der Waals surface area contributed by atoms with Gasteiger partial charge in [-0.1, -0.05) is 18.2 Å². The molecule has 7 nitrogen and oxygen atoms in total. The number of hydrogen-bond donors (Lipinski definition) is 0. The second kappa shape index (κ2) is 8.51. The van der Waals surface area contributed by atoms with Gasteiger partial charge in [-0.25, -0.2) is 4.98 Å². The molecular weight excluding hydrogens is 334 g/mol. The minimum Gasteiger partial charge on any atom is -0.493 e. The third kappa shape index (κ3) is 4.41. The number of carbonyl (C=O) groups is 2. The number of amides is 2. The first-order chi connectivity index (χ1) is 12.6. The van der Waals surface area contributed by atoms with Crippen molar-refractivity contribution in [2.24, 2.45) is 0 Å². The van der Waals surface area contributed by atoms with E-state index < -0.39 is 0 Å². The van der Waals surface area contributed by atoms with Crippen LogP contribution in [-0.4, -0.2) is 59.4 Å². The van der Waals surface area contributed by atoms with Crippen LogP contribution >= 0.6 is 0 Å². The van der Waals surface area contributed by atoms with Crippen LogP contribution < -0.4 is 4.74 Å². The fraction of sp³-hybridized carbons (Fsp3) is 0.421. The summed E-state index contributed by atoms with van der Waals surface area (Å²) in [5.74, 6) is 1.19. The largest absolute Gasteiger partial charge is 0.493 e. The average molecular weight is 357 g/mol. The van der Waals surface area contributed by atoms with E-state index in [1.165, 1.54) is 6.39 Å². The van der Waals surface area contributed by atoms with E-state index in [9.17, 15) is 9.59 Å². The molecule has 26 heavy (non-hydrogen) atoms. The Morgan fingerprint density at radius 3 is 2.58 bits per heavy atom. The summed E-state index contributed by atoms with van der Waals surface area (Å²) in [6, 6.07) is 9.45. The number of ether oxygens (including phenoxy) is 1. The van der Waals surface area contributed by atoms with Crippen LogP contribution in [0.2, 0.25) is 0 Å². The van der Waals surface area contributed by atoms with E-state index >= 15 is 0 Å². The Hall–Kier alpha value is -2.83. The van der Waals surface area contributed by atoms with Gasteiger partial charge in [0.05, 0.1) is 13.0 Å². The highest BCUT2D eigenvalue weighted by atomic mass is 16.5. The van der Waals surface area contributed by atoms with Crippen LogP contribution in [0.4, 0.5) is 0 Å². The van der Waals surface area contributed by atoms with Gasteiger partial charge in [-0.3, -0.25) is 9.59 Å². The first-order valence-electron chi connectivity index (χ1n) is 8.80. The summed E-state index contributed by atoms with van der Waals surface area (Å²) in [5.41, 5.74) is 0.348. The van der Waals surface area contributed by atoms with Crippen LogP contribution in [0.25, 0.3) is 0 Å². The van der Waals surface area contributed by atoms with Gasteiger partial charge >= 0.3 is 0 Å². The molecule has 2 aromatic rings. The summed E-state index contributed by atoms with van der Waals surface area (Å²) < 4.78 is 10.7. The Kier molecular flexibility index (Phi) is 5.88. The number of rotatable bonds is 5. The van der Waals surface area contributed by atoms with E-state index in [0.717, 1.165) is 12.2 Å². The van der Waals surface area contributed by atoms with Crippen molar-refractivity contribution in [3.63, 3.8) is 0 Å². The Bertz CT molecular complexity index is 744. The van der Waals surface area contributed by atoms with Crippen molar-refractivity contribution in [2.75, 3.05) is 32.8 Å². The number of aromatic nitrogens is 1. The predicted molar refractivity (Wildman–Crippen MR) is 94.9 cm³/mol. The van der Waals surface area contributed by atoms with Gasteiger partial charge in [0.15, 0.2) is 12.1 Å². The highest BCUT2D eigenvalue weighted by Crippen LogP contribution is 2.13. The van der Waals surface area contributed by atoms with E-state index in [-0.39, 0.29) is 11.8 Å². The zero-order valence-electron chi connectivity index (χ0n) is 14.9. The average Bonchev–Trinajstić information content (AvgIpc) is 2.93. The molecule has 0 aliphatic carbocycles. The van der Waals surface area contributed by atoms with Crippen molar-refractivity contribution in [2.45, 2.75) is 19.8 Å². The summed E-state index contributed by atoms with van der Waals surface area (Å²) in [7, 11) is 0. The zero-order chi connectivity index (χ0) is 18.4. The Balaban J connectivity index is 1.48. The summed E-state index contributed by atoms with van der Waals surface area (Å²) in [5, 5.41) is 0. The SMILES string of the molecule is Cc1ocnc1C(=O)N1CCCN(C(=O)CCOc2ccccc2)CC1. The predicted octanol–water partition coefficient (Wildman–Crippen LogP) is 2.13. The first-order valence-corrected chi connectivity index (χ1v) is 8.80. The minimum absolute atomic E-state index is 0.0489. The Morgan fingerprint density at radius 2 is 1.85 bits per heavy atom. The van der Waals surface area contributed by atoms with Crippen molar-refractivity contribution in [3.05, 3.63) is 48.2 Å². The normalized spacial score (nSPS) is 14.8. The van der Waals surface area contributed by atoms with Crippen LogP contribution in [-0.2, 0) is 4.79 Å². The maximum Gasteiger partial charge on any atom is 0.276 e. The Morgan fingerprint density at radius 1 is 1.12 bits per heavy atom. The van der Waals surface area contributed by atoms with E-state index in [4.69, 9.17) is 9.15 Å². The van der Waals surface area contributed by atoms with Gasteiger partial charge in [0.2, 0.25) is 5.91 Å². The molecular formula is C19H23N3O4. The lowest BCUT2D eigenvalue weighted by molar-refractivity contribution is -0.131. The lowest BCUT2D eigenvalue weighted by atomic mass is 10.3. The smallest absolute Gasteiger partial charge is 0.276 e. The van der Waals surface area contributed by atoms with Crippen LogP contribution in [0.1, 0.15) is 29.1 Å². The van der Waals surface area contributed by atoms with Gasteiger partial charge in [-0.2, -0.15) is 0 Å². The molecule has 1 aliphatic rings. The number of oxazole rings is 1. The second-order valence-electron chi connectivity index (χ2n) is 6.20. The summed E-state index contributed by atoms with van der Waals surface area (Å²) in [6.07, 6.45) is 2.35. The Labute approximate surface area is 152 Å². The fourth-order valence-corrected chi connectivity index (χ4v) is 2.96. The molecule has 2 amide bonds. The quantitative estimate of drug-likeness (QED) is 0.819. The van der Waals surface area contributed by atoms with E-state index in [1.54, 1.807) is 16.7 Å². The van der Waals surface area contributed by atoms with Crippen LogP contribution in [0.5, 0.6) is 5.75 Å². The maximum atomic E-state index is 12.5. The fourth-order valence-electron chi connectivity index (χ4n) is 2.96. The van der Waals surface area contributed by atoms with Gasteiger partial charge in [0.25, 0.3) is 5.91 Å². The van der Waals surface area contributed by atoms with Crippen LogP contribution in [0.3, 0.4) is 0 Å². The maximum absolute atomic E-state index is 12.5. The van der Waals surface area contributed by atoms with E-state index in [1.807, 2.05) is 30.3 Å². The van der Waals surface area contributed by atoms with Crippen molar-refractivity contribution in [1.82, 2.24) is 14.8 Å². The van der Waals surface area contributed by atoms with Gasteiger partial charge in [-0.15, -0.1) is 0 Å². The molecule has 7 heteroatoms. The summed E-state index contributed by atoms with van der Waals surface area (Å²) >= 11 is 0. The number of benzene rings is 1.